The number of alkyl halides is 1. The van der Waals surface area contributed by atoms with E-state index in [9.17, 15) is 8.60 Å². The van der Waals surface area contributed by atoms with Gasteiger partial charge < -0.3 is 0 Å². The molecule has 0 spiro atoms. The van der Waals surface area contributed by atoms with Crippen LogP contribution in [0.1, 0.15) is 20.8 Å². The Kier molecular flexibility index (Phi) is 6.51. The van der Waals surface area contributed by atoms with E-state index in [1.54, 1.807) is 6.26 Å². The van der Waals surface area contributed by atoms with Crippen molar-refractivity contribution in [2.45, 2.75) is 20.8 Å². The summed E-state index contributed by atoms with van der Waals surface area (Å²) in [7, 11) is -0.917. The molecule has 1 heterocycles. The van der Waals surface area contributed by atoms with Gasteiger partial charge in [0.25, 0.3) is 0 Å². The number of halogens is 1. The molecule has 0 aliphatic carbocycles. The highest BCUT2D eigenvalue weighted by Gasteiger charge is 2.30. The van der Waals surface area contributed by atoms with E-state index < -0.39 is 11.0 Å². The van der Waals surface area contributed by atoms with E-state index in [4.69, 9.17) is 0 Å². The SMILES string of the molecule is CC.CC1CN(S(C)=O)CC1CF. The molecule has 1 rings (SSSR count). The maximum atomic E-state index is 12.3. The molecule has 0 aromatic heterocycles. The molecule has 0 radical (unpaired) electrons. The third-order valence-corrected chi connectivity index (χ3v) is 3.32. The lowest BCUT2D eigenvalue weighted by atomic mass is 10.0. The fourth-order valence-electron chi connectivity index (χ4n) is 1.40. The van der Waals surface area contributed by atoms with Crippen LogP contribution >= 0.6 is 0 Å². The lowest BCUT2D eigenvalue weighted by Crippen LogP contribution is -2.22. The molecule has 1 fully saturated rings. The maximum absolute atomic E-state index is 12.3. The van der Waals surface area contributed by atoms with Crippen molar-refractivity contribution in [1.82, 2.24) is 4.31 Å². The number of nitrogens with zero attached hydrogens (tertiary/aromatic N) is 1. The van der Waals surface area contributed by atoms with Crippen molar-refractivity contribution >= 4 is 11.0 Å². The van der Waals surface area contributed by atoms with E-state index in [1.165, 1.54) is 0 Å². The van der Waals surface area contributed by atoms with Crippen LogP contribution in [0.2, 0.25) is 0 Å². The van der Waals surface area contributed by atoms with Crippen LogP contribution in [0, 0.1) is 11.8 Å². The average Bonchev–Trinajstić information content (AvgIpc) is 2.50. The zero-order valence-corrected chi connectivity index (χ0v) is 9.73. The van der Waals surface area contributed by atoms with Gasteiger partial charge in [0.1, 0.15) is 0 Å². The minimum absolute atomic E-state index is 0.0962. The molecular formula is C9H20FNOS. The van der Waals surface area contributed by atoms with E-state index in [-0.39, 0.29) is 12.6 Å². The van der Waals surface area contributed by atoms with Gasteiger partial charge in [-0.15, -0.1) is 0 Å². The largest absolute Gasteiger partial charge is 0.251 e. The van der Waals surface area contributed by atoms with Crippen molar-refractivity contribution in [1.29, 1.82) is 0 Å². The van der Waals surface area contributed by atoms with Crippen molar-refractivity contribution in [2.75, 3.05) is 26.0 Å². The van der Waals surface area contributed by atoms with Gasteiger partial charge in [-0.05, 0) is 5.92 Å². The Balaban J connectivity index is 0.000000671. The summed E-state index contributed by atoms with van der Waals surface area (Å²) < 4.78 is 25.1. The topological polar surface area (TPSA) is 20.3 Å². The second-order valence-corrected chi connectivity index (χ2v) is 4.53. The summed E-state index contributed by atoms with van der Waals surface area (Å²) in [6, 6.07) is 0. The Morgan fingerprint density at radius 1 is 1.46 bits per heavy atom. The van der Waals surface area contributed by atoms with Crippen LogP contribution in [0.25, 0.3) is 0 Å². The first kappa shape index (κ1) is 13.0. The smallest absolute Gasteiger partial charge is 0.0938 e. The molecule has 1 aliphatic heterocycles. The van der Waals surface area contributed by atoms with Crippen LogP contribution in [-0.4, -0.2) is 34.5 Å². The third kappa shape index (κ3) is 3.73. The summed E-state index contributed by atoms with van der Waals surface area (Å²) >= 11 is 0. The van der Waals surface area contributed by atoms with Crippen LogP contribution < -0.4 is 0 Å². The minimum atomic E-state index is -0.917. The summed E-state index contributed by atoms with van der Waals surface area (Å²) in [5.41, 5.74) is 0. The highest BCUT2D eigenvalue weighted by atomic mass is 32.2. The molecule has 0 saturated carbocycles. The molecule has 80 valence electrons. The molecule has 13 heavy (non-hydrogen) atoms. The fourth-order valence-corrected chi connectivity index (χ4v) is 2.24. The first-order valence-electron chi connectivity index (χ1n) is 4.79. The quantitative estimate of drug-likeness (QED) is 0.679. The summed E-state index contributed by atoms with van der Waals surface area (Å²) in [6.07, 6.45) is 1.65. The first-order chi connectivity index (χ1) is 6.15. The summed E-state index contributed by atoms with van der Waals surface area (Å²) in [6.45, 7) is 7.16. The van der Waals surface area contributed by atoms with Gasteiger partial charge in [0.05, 0.1) is 17.7 Å². The third-order valence-electron chi connectivity index (χ3n) is 2.30. The van der Waals surface area contributed by atoms with Gasteiger partial charge in [0.2, 0.25) is 0 Å². The van der Waals surface area contributed by atoms with E-state index in [1.807, 2.05) is 25.1 Å². The van der Waals surface area contributed by atoms with Crippen LogP contribution in [0.4, 0.5) is 4.39 Å². The number of rotatable bonds is 2. The molecule has 2 nitrogen and oxygen atoms in total. The normalized spacial score (nSPS) is 30.8. The Labute approximate surface area is 83.1 Å². The zero-order valence-electron chi connectivity index (χ0n) is 8.92. The molecule has 0 bridgehead atoms. The molecule has 0 aromatic rings. The summed E-state index contributed by atoms with van der Waals surface area (Å²) in [4.78, 5) is 0. The van der Waals surface area contributed by atoms with E-state index in [2.05, 4.69) is 0 Å². The van der Waals surface area contributed by atoms with E-state index in [0.29, 0.717) is 12.5 Å². The van der Waals surface area contributed by atoms with Crippen LogP contribution in [-0.2, 0) is 11.0 Å². The molecule has 3 atom stereocenters. The molecule has 0 amide bonds. The fraction of sp³-hybridized carbons (Fsp3) is 1.00. The van der Waals surface area contributed by atoms with Crippen LogP contribution in [0.5, 0.6) is 0 Å². The van der Waals surface area contributed by atoms with Crippen LogP contribution in [0.3, 0.4) is 0 Å². The highest BCUT2D eigenvalue weighted by Crippen LogP contribution is 2.23. The van der Waals surface area contributed by atoms with Gasteiger partial charge in [-0.3, -0.25) is 4.39 Å². The molecule has 0 N–H and O–H groups in total. The van der Waals surface area contributed by atoms with Crippen molar-refractivity contribution in [3.8, 4) is 0 Å². The van der Waals surface area contributed by atoms with E-state index >= 15 is 0 Å². The summed E-state index contributed by atoms with van der Waals surface area (Å²) in [5, 5.41) is 0. The van der Waals surface area contributed by atoms with Crippen molar-refractivity contribution < 1.29 is 8.60 Å². The minimum Gasteiger partial charge on any atom is -0.251 e. The molecular weight excluding hydrogens is 189 g/mol. The highest BCUT2D eigenvalue weighted by molar-refractivity contribution is 7.81. The maximum Gasteiger partial charge on any atom is 0.0938 e. The van der Waals surface area contributed by atoms with Gasteiger partial charge in [-0.1, -0.05) is 20.8 Å². The predicted molar refractivity (Wildman–Crippen MR) is 55.6 cm³/mol. The standard InChI is InChI=1S/C7H14FNOS.C2H6/c1-6-4-9(11(2)10)5-7(6)3-8;1-2/h6-7H,3-5H2,1-2H3;1-2H3. The van der Waals surface area contributed by atoms with Crippen molar-refractivity contribution in [3.05, 3.63) is 0 Å². The molecule has 0 aromatic carbocycles. The van der Waals surface area contributed by atoms with Crippen LogP contribution in [0.15, 0.2) is 0 Å². The van der Waals surface area contributed by atoms with E-state index in [0.717, 1.165) is 6.54 Å². The monoisotopic (exact) mass is 209 g/mol. The lowest BCUT2D eigenvalue weighted by Gasteiger charge is -2.09. The van der Waals surface area contributed by atoms with Crippen molar-refractivity contribution in [3.63, 3.8) is 0 Å². The predicted octanol–water partition coefficient (Wildman–Crippen LogP) is 1.84. The van der Waals surface area contributed by atoms with Gasteiger partial charge in [-0.25, -0.2) is 8.51 Å². The van der Waals surface area contributed by atoms with Gasteiger partial charge in [0, 0.05) is 25.3 Å². The van der Waals surface area contributed by atoms with Gasteiger partial charge in [-0.2, -0.15) is 0 Å². The zero-order chi connectivity index (χ0) is 10.4. The number of hydrogen-bond donors (Lipinski definition) is 0. The Morgan fingerprint density at radius 3 is 2.23 bits per heavy atom. The van der Waals surface area contributed by atoms with Gasteiger partial charge >= 0.3 is 0 Å². The Hall–Kier alpha value is 0.0400. The van der Waals surface area contributed by atoms with Crippen molar-refractivity contribution in [2.24, 2.45) is 11.8 Å². The second-order valence-electron chi connectivity index (χ2n) is 3.16. The molecule has 4 heteroatoms. The Bertz CT molecular complexity index is 166. The number of hydrogen-bond acceptors (Lipinski definition) is 1. The second kappa shape index (κ2) is 6.49. The molecule has 3 unspecified atom stereocenters. The lowest BCUT2D eigenvalue weighted by molar-refractivity contribution is 0.326. The summed E-state index contributed by atoms with van der Waals surface area (Å²) in [5.74, 6) is 0.447. The molecule has 1 saturated heterocycles. The van der Waals surface area contributed by atoms with Gasteiger partial charge in [0.15, 0.2) is 0 Å². The molecule has 1 aliphatic rings. The Morgan fingerprint density at radius 2 is 2.00 bits per heavy atom. The first-order valence-corrected chi connectivity index (χ1v) is 6.31. The average molecular weight is 209 g/mol.